The molecule has 0 aromatic carbocycles. The Morgan fingerprint density at radius 2 is 2.04 bits per heavy atom. The van der Waals surface area contributed by atoms with E-state index in [0.717, 1.165) is 5.69 Å². The number of hydrogen-bond donors (Lipinski definition) is 1. The maximum atomic E-state index is 12.8. The predicted octanol–water partition coefficient (Wildman–Crippen LogP) is 2.88. The zero-order valence-electron chi connectivity index (χ0n) is 16.0. The molecule has 3 rings (SSSR count). The lowest BCUT2D eigenvalue weighted by molar-refractivity contribution is -0.137. The summed E-state index contributed by atoms with van der Waals surface area (Å²) in [7, 11) is 0. The predicted molar refractivity (Wildman–Crippen MR) is 106 cm³/mol. The Balaban J connectivity index is 2.10. The van der Waals surface area contributed by atoms with Gasteiger partial charge < -0.3 is 10.5 Å². The van der Waals surface area contributed by atoms with Gasteiger partial charge in [-0.1, -0.05) is 19.9 Å². The molecule has 0 aliphatic carbocycles. The third kappa shape index (κ3) is 4.25. The number of nitrogens with two attached hydrogens (primary N) is 1. The number of aryl methyl sites for hydroxylation is 1. The van der Waals surface area contributed by atoms with Gasteiger partial charge in [-0.15, -0.1) is 0 Å². The lowest BCUT2D eigenvalue weighted by atomic mass is 10.1. The van der Waals surface area contributed by atoms with Crippen molar-refractivity contribution in [3.8, 4) is 0 Å². The van der Waals surface area contributed by atoms with Crippen molar-refractivity contribution in [2.24, 2.45) is 11.7 Å². The molecule has 0 aliphatic heterocycles. The second kappa shape index (κ2) is 8.04. The number of aromatic nitrogens is 3. The van der Waals surface area contributed by atoms with E-state index >= 15 is 0 Å². The van der Waals surface area contributed by atoms with Gasteiger partial charge in [0.15, 0.2) is 0 Å². The third-order valence-electron chi connectivity index (χ3n) is 4.04. The molecule has 7 nitrogen and oxygen atoms in total. The van der Waals surface area contributed by atoms with Crippen molar-refractivity contribution >= 4 is 29.2 Å². The van der Waals surface area contributed by atoms with Crippen LogP contribution >= 0.6 is 0 Å². The molecule has 0 aliphatic rings. The normalized spacial score (nSPS) is 11.8. The van der Waals surface area contributed by atoms with Crippen LogP contribution in [0.4, 0.5) is 0 Å². The van der Waals surface area contributed by atoms with Crippen molar-refractivity contribution in [3.63, 3.8) is 0 Å². The number of amides is 1. The number of carbonyl (C=O) groups is 2. The van der Waals surface area contributed by atoms with Crippen LogP contribution in [-0.4, -0.2) is 32.9 Å². The molecule has 144 valence electrons. The van der Waals surface area contributed by atoms with Gasteiger partial charge in [0.05, 0.1) is 24.1 Å². The SMILES string of the molecule is Cc1cccc(/C=C(/C(=O)OCC(C)C)c2ccc3ncc(C(N)=O)n3c2)n1. The fourth-order valence-electron chi connectivity index (χ4n) is 2.69. The molecule has 2 N–H and O–H groups in total. The Hall–Kier alpha value is -3.48. The molecule has 7 heteroatoms. The zero-order chi connectivity index (χ0) is 20.3. The number of primary amides is 1. The standard InChI is InChI=1S/C21H22N4O3/c1-13(2)12-28-21(27)17(9-16-6-4-5-14(3)24-16)15-7-8-19-23-10-18(20(22)26)25(19)11-15/h4-11,13H,12H2,1-3H3,(H2,22,26)/b17-9+. The highest BCUT2D eigenvalue weighted by molar-refractivity contribution is 6.21. The number of imidazole rings is 1. The Bertz CT molecular complexity index is 1070. The summed E-state index contributed by atoms with van der Waals surface area (Å²) in [5.41, 5.74) is 8.59. The Labute approximate surface area is 162 Å². The summed E-state index contributed by atoms with van der Waals surface area (Å²) in [5, 5.41) is 0. The molecule has 0 saturated heterocycles. The first-order valence-corrected chi connectivity index (χ1v) is 8.95. The number of rotatable bonds is 6. The minimum atomic E-state index is -0.599. The summed E-state index contributed by atoms with van der Waals surface area (Å²) >= 11 is 0. The minimum Gasteiger partial charge on any atom is -0.462 e. The first kappa shape index (κ1) is 19.3. The van der Waals surface area contributed by atoms with E-state index in [1.165, 1.54) is 6.20 Å². The molecule has 0 atom stereocenters. The molecule has 0 spiro atoms. The molecular formula is C21H22N4O3. The summed E-state index contributed by atoms with van der Waals surface area (Å²) in [4.78, 5) is 33.0. The van der Waals surface area contributed by atoms with Crippen LogP contribution in [0, 0.1) is 12.8 Å². The average Bonchev–Trinajstić information content (AvgIpc) is 3.07. The Morgan fingerprint density at radius 1 is 1.25 bits per heavy atom. The second-order valence-electron chi connectivity index (χ2n) is 6.91. The van der Waals surface area contributed by atoms with Gasteiger partial charge in [-0.2, -0.15) is 0 Å². The van der Waals surface area contributed by atoms with Crippen LogP contribution in [0.3, 0.4) is 0 Å². The van der Waals surface area contributed by atoms with Crippen molar-refractivity contribution in [2.45, 2.75) is 20.8 Å². The number of nitrogens with zero attached hydrogens (tertiary/aromatic N) is 3. The largest absolute Gasteiger partial charge is 0.462 e. The van der Waals surface area contributed by atoms with E-state index in [9.17, 15) is 9.59 Å². The van der Waals surface area contributed by atoms with Crippen LogP contribution in [0.5, 0.6) is 0 Å². The summed E-state index contributed by atoms with van der Waals surface area (Å²) in [6, 6.07) is 9.04. The van der Waals surface area contributed by atoms with Crippen LogP contribution in [0.15, 0.2) is 42.7 Å². The van der Waals surface area contributed by atoms with Gasteiger partial charge in [0.1, 0.15) is 11.3 Å². The molecule has 3 heterocycles. The highest BCUT2D eigenvalue weighted by Gasteiger charge is 2.17. The van der Waals surface area contributed by atoms with Gasteiger partial charge in [-0.3, -0.25) is 14.2 Å². The number of esters is 1. The van der Waals surface area contributed by atoms with E-state index in [2.05, 4.69) is 9.97 Å². The molecular weight excluding hydrogens is 356 g/mol. The maximum absolute atomic E-state index is 12.8. The summed E-state index contributed by atoms with van der Waals surface area (Å²) < 4.78 is 7.00. The molecule has 28 heavy (non-hydrogen) atoms. The summed E-state index contributed by atoms with van der Waals surface area (Å²) in [6.45, 7) is 6.12. The van der Waals surface area contributed by atoms with Gasteiger partial charge in [-0.25, -0.2) is 9.78 Å². The van der Waals surface area contributed by atoms with Crippen LogP contribution in [0.1, 0.15) is 41.3 Å². The number of ether oxygens (including phenoxy) is 1. The lowest BCUT2D eigenvalue weighted by Crippen LogP contribution is -2.14. The second-order valence-corrected chi connectivity index (χ2v) is 6.91. The number of carbonyl (C=O) groups excluding carboxylic acids is 2. The van der Waals surface area contributed by atoms with Crippen molar-refractivity contribution in [3.05, 3.63) is 65.4 Å². The molecule has 0 fully saturated rings. The monoisotopic (exact) mass is 378 g/mol. The molecule has 0 bridgehead atoms. The molecule has 3 aromatic heterocycles. The Kier molecular flexibility index (Phi) is 5.54. The zero-order valence-corrected chi connectivity index (χ0v) is 16.0. The molecule has 0 radical (unpaired) electrons. The van der Waals surface area contributed by atoms with Crippen molar-refractivity contribution < 1.29 is 14.3 Å². The van der Waals surface area contributed by atoms with Gasteiger partial charge in [-0.05, 0) is 43.2 Å². The topological polar surface area (TPSA) is 99.6 Å². The van der Waals surface area contributed by atoms with Crippen molar-refractivity contribution in [1.82, 2.24) is 14.4 Å². The van der Waals surface area contributed by atoms with Gasteiger partial charge in [0, 0.05) is 17.5 Å². The van der Waals surface area contributed by atoms with Gasteiger partial charge in [0.25, 0.3) is 5.91 Å². The van der Waals surface area contributed by atoms with E-state index in [1.54, 1.807) is 28.8 Å². The van der Waals surface area contributed by atoms with Crippen LogP contribution in [-0.2, 0) is 9.53 Å². The first-order valence-electron chi connectivity index (χ1n) is 8.95. The smallest absolute Gasteiger partial charge is 0.338 e. The fraction of sp³-hybridized carbons (Fsp3) is 0.238. The van der Waals surface area contributed by atoms with E-state index < -0.39 is 11.9 Å². The van der Waals surface area contributed by atoms with E-state index in [-0.39, 0.29) is 11.6 Å². The number of hydrogen-bond acceptors (Lipinski definition) is 5. The molecule has 0 saturated carbocycles. The average molecular weight is 378 g/mol. The Morgan fingerprint density at radius 3 is 2.71 bits per heavy atom. The fourth-order valence-corrected chi connectivity index (χ4v) is 2.69. The lowest BCUT2D eigenvalue weighted by Gasteiger charge is -2.11. The van der Waals surface area contributed by atoms with Gasteiger partial charge >= 0.3 is 5.97 Å². The summed E-state index contributed by atoms with van der Waals surface area (Å²) in [6.07, 6.45) is 4.74. The van der Waals surface area contributed by atoms with Crippen LogP contribution in [0.2, 0.25) is 0 Å². The van der Waals surface area contributed by atoms with E-state index in [0.29, 0.717) is 29.1 Å². The highest BCUT2D eigenvalue weighted by Crippen LogP contribution is 2.21. The van der Waals surface area contributed by atoms with Crippen LogP contribution in [0.25, 0.3) is 17.3 Å². The maximum Gasteiger partial charge on any atom is 0.338 e. The first-order chi connectivity index (χ1) is 13.3. The van der Waals surface area contributed by atoms with E-state index in [4.69, 9.17) is 10.5 Å². The highest BCUT2D eigenvalue weighted by atomic mass is 16.5. The van der Waals surface area contributed by atoms with Crippen LogP contribution < -0.4 is 5.73 Å². The van der Waals surface area contributed by atoms with Crippen molar-refractivity contribution in [1.29, 1.82) is 0 Å². The third-order valence-corrected chi connectivity index (χ3v) is 4.04. The summed E-state index contributed by atoms with van der Waals surface area (Å²) in [5.74, 6) is -0.852. The molecule has 0 unspecified atom stereocenters. The van der Waals surface area contributed by atoms with Crippen molar-refractivity contribution in [2.75, 3.05) is 6.61 Å². The van der Waals surface area contributed by atoms with Gasteiger partial charge in [0.2, 0.25) is 0 Å². The number of pyridine rings is 2. The van der Waals surface area contributed by atoms with E-state index in [1.807, 2.05) is 39.0 Å². The minimum absolute atomic E-state index is 0.208. The number of fused-ring (bicyclic) bond motifs is 1. The molecule has 1 amide bonds. The quantitative estimate of drug-likeness (QED) is 0.525. The molecule has 3 aromatic rings.